The molecule has 0 aromatic heterocycles. The Bertz CT molecular complexity index is 215. The largest absolute Gasteiger partial charge is 0.337 e. The van der Waals surface area contributed by atoms with Crippen LogP contribution in [0.25, 0.3) is 0 Å². The Labute approximate surface area is 94.0 Å². The van der Waals surface area contributed by atoms with E-state index in [1.54, 1.807) is 0 Å². The molecule has 1 aliphatic rings. The van der Waals surface area contributed by atoms with E-state index in [0.717, 1.165) is 11.8 Å². The molecule has 0 N–H and O–H groups in total. The van der Waals surface area contributed by atoms with Gasteiger partial charge in [-0.1, -0.05) is 6.92 Å². The number of amides is 1. The van der Waals surface area contributed by atoms with E-state index in [2.05, 4.69) is 27.7 Å². The van der Waals surface area contributed by atoms with E-state index >= 15 is 0 Å². The van der Waals surface area contributed by atoms with Gasteiger partial charge in [0.05, 0.1) is 5.92 Å². The minimum Gasteiger partial charge on any atom is -0.337 e. The van der Waals surface area contributed by atoms with Gasteiger partial charge in [-0.15, -0.1) is 0 Å². The van der Waals surface area contributed by atoms with Gasteiger partial charge in [-0.2, -0.15) is 0 Å². The summed E-state index contributed by atoms with van der Waals surface area (Å²) < 4.78 is 0. The van der Waals surface area contributed by atoms with Gasteiger partial charge in [0.15, 0.2) is 0 Å². The average molecular weight is 206 g/mol. The van der Waals surface area contributed by atoms with Crippen molar-refractivity contribution in [1.82, 2.24) is 4.90 Å². The van der Waals surface area contributed by atoms with Crippen LogP contribution in [0.3, 0.4) is 0 Å². The first-order valence-corrected chi connectivity index (χ1v) is 5.50. The summed E-state index contributed by atoms with van der Waals surface area (Å²) in [5, 5.41) is 0. The Kier molecular flexibility index (Phi) is 4.18. The van der Waals surface area contributed by atoms with E-state index in [1.165, 1.54) is 0 Å². The van der Waals surface area contributed by atoms with E-state index in [-0.39, 0.29) is 18.0 Å². The van der Waals surface area contributed by atoms with Crippen molar-refractivity contribution in [1.29, 1.82) is 0 Å². The predicted octanol–water partition coefficient (Wildman–Crippen LogP) is 2.43. The van der Waals surface area contributed by atoms with Gasteiger partial charge in [-0.25, -0.2) is 0 Å². The van der Waals surface area contributed by atoms with Crippen LogP contribution in [0, 0.1) is 31.1 Å². The number of rotatable bonds is 3. The highest BCUT2D eigenvalue weighted by atomic mass is 16.2. The minimum absolute atomic E-state index is 0.141. The molecule has 2 heteroatoms. The topological polar surface area (TPSA) is 20.3 Å². The third-order valence-electron chi connectivity index (χ3n) is 2.61. The molecular weight excluding hydrogens is 186 g/mol. The van der Waals surface area contributed by atoms with Gasteiger partial charge in [-0.3, -0.25) is 4.79 Å². The first-order chi connectivity index (χ1) is 6.95. The van der Waals surface area contributed by atoms with E-state index in [4.69, 9.17) is 0 Å². The van der Waals surface area contributed by atoms with Crippen molar-refractivity contribution in [3.8, 4) is 0 Å². The fourth-order valence-electron chi connectivity index (χ4n) is 1.95. The maximum absolute atomic E-state index is 12.2. The van der Waals surface area contributed by atoms with E-state index < -0.39 is 0 Å². The highest BCUT2D eigenvalue weighted by Crippen LogP contribution is 2.34. The molecule has 1 amide bonds. The van der Waals surface area contributed by atoms with Crippen LogP contribution in [-0.2, 0) is 4.79 Å². The lowest BCUT2D eigenvalue weighted by atomic mass is 9.95. The fraction of sp³-hybridized carbons (Fsp3) is 0.538. The van der Waals surface area contributed by atoms with Crippen LogP contribution in [0.2, 0.25) is 0 Å². The monoisotopic (exact) mass is 206 g/mol. The molecule has 1 saturated carbocycles. The van der Waals surface area contributed by atoms with Crippen LogP contribution in [0.5, 0.6) is 0 Å². The van der Waals surface area contributed by atoms with Crippen LogP contribution in [0.15, 0.2) is 0 Å². The first kappa shape index (κ1) is 12.5. The lowest BCUT2D eigenvalue weighted by Gasteiger charge is -2.33. The van der Waals surface area contributed by atoms with Gasteiger partial charge in [0.2, 0.25) is 5.91 Å². The third kappa shape index (κ3) is 2.73. The summed E-state index contributed by atoms with van der Waals surface area (Å²) in [5.41, 5.74) is 0. The zero-order chi connectivity index (χ0) is 11.6. The quantitative estimate of drug-likeness (QED) is 0.694. The Morgan fingerprint density at radius 3 is 2.00 bits per heavy atom. The van der Waals surface area contributed by atoms with Crippen molar-refractivity contribution in [3.63, 3.8) is 0 Å². The molecule has 83 valence electrons. The van der Waals surface area contributed by atoms with Crippen LogP contribution in [-0.4, -0.2) is 22.9 Å². The maximum atomic E-state index is 12.2. The van der Waals surface area contributed by atoms with Gasteiger partial charge in [-0.05, 0) is 52.9 Å². The van der Waals surface area contributed by atoms with Gasteiger partial charge >= 0.3 is 0 Å². The van der Waals surface area contributed by atoms with Crippen molar-refractivity contribution >= 4 is 5.91 Å². The van der Waals surface area contributed by atoms with Crippen molar-refractivity contribution in [2.24, 2.45) is 0 Å². The molecule has 2 nitrogen and oxygen atoms in total. The normalized spacial score (nSPS) is 19.1. The first-order valence-electron chi connectivity index (χ1n) is 5.50. The summed E-state index contributed by atoms with van der Waals surface area (Å²) in [6.45, 7) is 10.2. The lowest BCUT2D eigenvalue weighted by Crippen LogP contribution is -2.45. The van der Waals surface area contributed by atoms with Gasteiger partial charge in [0, 0.05) is 12.1 Å². The van der Waals surface area contributed by atoms with Crippen molar-refractivity contribution in [3.05, 3.63) is 31.1 Å². The van der Waals surface area contributed by atoms with Crippen LogP contribution in [0.1, 0.15) is 34.6 Å². The molecule has 0 bridgehead atoms. The molecule has 1 rings (SSSR count). The molecule has 0 aliphatic heterocycles. The van der Waals surface area contributed by atoms with Gasteiger partial charge < -0.3 is 4.90 Å². The Hall–Kier alpha value is -0.530. The molecule has 15 heavy (non-hydrogen) atoms. The summed E-state index contributed by atoms with van der Waals surface area (Å²) in [6.07, 6.45) is 5.81. The van der Waals surface area contributed by atoms with Crippen molar-refractivity contribution in [2.75, 3.05) is 0 Å². The third-order valence-corrected chi connectivity index (χ3v) is 2.61. The minimum atomic E-state index is 0.141. The molecule has 0 aromatic rings. The Balaban J connectivity index is 2.71. The summed E-state index contributed by atoms with van der Waals surface area (Å²) >= 11 is 0. The van der Waals surface area contributed by atoms with Crippen molar-refractivity contribution < 1.29 is 4.79 Å². The van der Waals surface area contributed by atoms with Crippen LogP contribution < -0.4 is 0 Å². The maximum Gasteiger partial charge on any atom is 0.231 e. The summed E-state index contributed by atoms with van der Waals surface area (Å²) in [4.78, 5) is 14.2. The standard InChI is InChI=1S/C13H20NO/c1-9(2)14(10(3)4)13(15)12-8-6-7-11(12)5/h6-10H,1-5H3. The summed E-state index contributed by atoms with van der Waals surface area (Å²) in [5.74, 6) is 2.03. The Morgan fingerprint density at radius 2 is 1.67 bits per heavy atom. The van der Waals surface area contributed by atoms with Gasteiger partial charge in [0.1, 0.15) is 0 Å². The number of nitrogens with zero attached hydrogens (tertiary/aromatic N) is 1. The second-order valence-corrected chi connectivity index (χ2v) is 4.52. The van der Waals surface area contributed by atoms with Crippen LogP contribution in [0.4, 0.5) is 0 Å². The summed E-state index contributed by atoms with van der Waals surface area (Å²) in [7, 11) is 0. The molecule has 0 atom stereocenters. The fourth-order valence-corrected chi connectivity index (χ4v) is 1.95. The number of hydrogen-bond acceptors (Lipinski definition) is 1. The molecule has 5 radical (unpaired) electrons. The summed E-state index contributed by atoms with van der Waals surface area (Å²) in [6, 6.07) is 0.485. The van der Waals surface area contributed by atoms with E-state index in [1.807, 2.05) is 31.1 Å². The zero-order valence-corrected chi connectivity index (χ0v) is 10.2. The smallest absolute Gasteiger partial charge is 0.231 e. The second-order valence-electron chi connectivity index (χ2n) is 4.52. The second kappa shape index (κ2) is 5.00. The lowest BCUT2D eigenvalue weighted by molar-refractivity contribution is -0.132. The number of carbonyl (C=O) groups excluding carboxylic acids is 1. The van der Waals surface area contributed by atoms with Gasteiger partial charge in [0.25, 0.3) is 0 Å². The molecule has 1 aliphatic carbocycles. The SMILES string of the molecule is C[C]1[CH][CH][CH][C]1C(=O)N(C(C)C)C(C)C. The van der Waals surface area contributed by atoms with E-state index in [0.29, 0.717) is 0 Å². The number of hydrogen-bond donors (Lipinski definition) is 0. The van der Waals surface area contributed by atoms with E-state index in [9.17, 15) is 4.79 Å². The molecule has 0 spiro atoms. The van der Waals surface area contributed by atoms with Crippen LogP contribution >= 0.6 is 0 Å². The predicted molar refractivity (Wildman–Crippen MR) is 62.2 cm³/mol. The highest BCUT2D eigenvalue weighted by Gasteiger charge is 2.36. The van der Waals surface area contributed by atoms with Crippen molar-refractivity contribution in [2.45, 2.75) is 46.7 Å². The molecular formula is C13H20NO. The molecule has 0 aromatic carbocycles. The average Bonchev–Trinajstić information content (AvgIpc) is 2.49. The molecule has 0 heterocycles. The zero-order valence-electron chi connectivity index (χ0n) is 10.2. The Morgan fingerprint density at radius 1 is 1.13 bits per heavy atom. The number of carbonyl (C=O) groups is 1. The molecule has 0 unspecified atom stereocenters. The highest BCUT2D eigenvalue weighted by molar-refractivity contribution is 5.97. The molecule has 0 saturated heterocycles. The molecule has 1 fully saturated rings.